The zero-order chi connectivity index (χ0) is 11.3. The Kier molecular flexibility index (Phi) is 4.70. The van der Waals surface area contributed by atoms with Gasteiger partial charge in [-0.05, 0) is 19.9 Å². The van der Waals surface area contributed by atoms with Crippen LogP contribution in [0.3, 0.4) is 0 Å². The Morgan fingerprint density at radius 2 is 2.27 bits per heavy atom. The van der Waals surface area contributed by atoms with Crippen LogP contribution in [0.1, 0.15) is 31.0 Å². The predicted molar refractivity (Wildman–Crippen MR) is 64.4 cm³/mol. The van der Waals surface area contributed by atoms with Gasteiger partial charge in [-0.1, -0.05) is 13.8 Å². The molecule has 0 fully saturated rings. The minimum Gasteiger partial charge on any atom is -0.382 e. The molecule has 1 rings (SSSR count). The van der Waals surface area contributed by atoms with Crippen molar-refractivity contribution in [2.45, 2.75) is 32.7 Å². The highest BCUT2D eigenvalue weighted by Gasteiger charge is 2.32. The Morgan fingerprint density at radius 1 is 1.53 bits per heavy atom. The number of likely N-dealkylation sites (N-methyl/N-ethyl adjacent to an activating group) is 1. The number of thiazole rings is 1. The summed E-state index contributed by atoms with van der Waals surface area (Å²) in [6.45, 7) is 7.90. The van der Waals surface area contributed by atoms with E-state index >= 15 is 0 Å². The zero-order valence-electron chi connectivity index (χ0n) is 9.96. The molecule has 15 heavy (non-hydrogen) atoms. The Hall–Kier alpha value is -0.450. The lowest BCUT2D eigenvalue weighted by molar-refractivity contribution is 0.105. The van der Waals surface area contributed by atoms with Crippen molar-refractivity contribution in [2.75, 3.05) is 20.3 Å². The molecule has 1 N–H and O–H groups in total. The van der Waals surface area contributed by atoms with Crippen molar-refractivity contribution in [3.63, 3.8) is 0 Å². The van der Waals surface area contributed by atoms with Crippen LogP contribution in [0, 0.1) is 6.92 Å². The largest absolute Gasteiger partial charge is 0.382 e. The molecule has 0 aliphatic heterocycles. The van der Waals surface area contributed by atoms with Crippen LogP contribution in [0.25, 0.3) is 0 Å². The highest BCUT2D eigenvalue weighted by Crippen LogP contribution is 2.28. The first-order chi connectivity index (χ1) is 7.18. The maximum atomic E-state index is 5.32. The van der Waals surface area contributed by atoms with Crippen LogP contribution in [-0.4, -0.2) is 25.2 Å². The van der Waals surface area contributed by atoms with E-state index in [1.165, 1.54) is 0 Å². The summed E-state index contributed by atoms with van der Waals surface area (Å²) in [6, 6.07) is 0. The Bertz CT molecular complexity index is 293. The van der Waals surface area contributed by atoms with E-state index in [1.807, 2.05) is 6.92 Å². The van der Waals surface area contributed by atoms with E-state index in [2.05, 4.69) is 29.5 Å². The number of hydrogen-bond donors (Lipinski definition) is 1. The molecule has 0 spiro atoms. The Balaban J connectivity index is 2.96. The molecule has 0 aliphatic carbocycles. The quantitative estimate of drug-likeness (QED) is 0.811. The Morgan fingerprint density at radius 3 is 2.67 bits per heavy atom. The summed E-state index contributed by atoms with van der Waals surface area (Å²) in [5.41, 5.74) is 0.976. The first-order valence-electron chi connectivity index (χ1n) is 5.35. The topological polar surface area (TPSA) is 34.1 Å². The molecule has 0 aromatic carbocycles. The fraction of sp³-hybridized carbons (Fsp3) is 0.727. The molecular formula is C11H20N2OS. The van der Waals surface area contributed by atoms with Crippen LogP contribution < -0.4 is 5.32 Å². The molecule has 1 atom stereocenters. The van der Waals surface area contributed by atoms with Crippen LogP contribution in [0.2, 0.25) is 0 Å². The molecule has 86 valence electrons. The lowest BCUT2D eigenvalue weighted by Gasteiger charge is -2.30. The normalized spacial score (nSPS) is 15.2. The number of rotatable bonds is 6. The van der Waals surface area contributed by atoms with Gasteiger partial charge in [-0.25, -0.2) is 4.98 Å². The molecule has 4 heteroatoms. The maximum absolute atomic E-state index is 5.32. The summed E-state index contributed by atoms with van der Waals surface area (Å²) in [5.74, 6) is 0. The van der Waals surface area contributed by atoms with E-state index in [9.17, 15) is 0 Å². The third-order valence-corrected chi connectivity index (χ3v) is 3.70. The molecule has 0 saturated heterocycles. The van der Waals surface area contributed by atoms with E-state index in [0.717, 1.165) is 23.7 Å². The second-order valence-corrected chi connectivity index (χ2v) is 4.55. The van der Waals surface area contributed by atoms with Crippen LogP contribution in [0.4, 0.5) is 0 Å². The van der Waals surface area contributed by atoms with Gasteiger partial charge in [-0.15, -0.1) is 11.3 Å². The SMILES string of the molecule is CCNC(CC)(COC)c1nc(C)cs1. The first-order valence-corrected chi connectivity index (χ1v) is 6.23. The molecule has 1 unspecified atom stereocenters. The number of aromatic nitrogens is 1. The van der Waals surface area contributed by atoms with Gasteiger partial charge in [-0.2, -0.15) is 0 Å². The fourth-order valence-electron chi connectivity index (χ4n) is 1.73. The maximum Gasteiger partial charge on any atom is 0.115 e. The molecule has 3 nitrogen and oxygen atoms in total. The summed E-state index contributed by atoms with van der Waals surface area (Å²) in [7, 11) is 1.74. The summed E-state index contributed by atoms with van der Waals surface area (Å²) < 4.78 is 5.32. The average Bonchev–Trinajstić information content (AvgIpc) is 2.65. The van der Waals surface area contributed by atoms with Crippen LogP contribution in [0.15, 0.2) is 5.38 Å². The lowest BCUT2D eigenvalue weighted by Crippen LogP contribution is -2.45. The van der Waals surface area contributed by atoms with E-state index in [1.54, 1.807) is 18.4 Å². The molecule has 0 radical (unpaired) electrons. The number of nitrogens with zero attached hydrogens (tertiary/aromatic N) is 1. The number of nitrogens with one attached hydrogen (secondary N) is 1. The average molecular weight is 228 g/mol. The van der Waals surface area contributed by atoms with Crippen molar-refractivity contribution < 1.29 is 4.74 Å². The van der Waals surface area contributed by atoms with Crippen molar-refractivity contribution in [3.05, 3.63) is 16.1 Å². The molecule has 0 aliphatic rings. The number of hydrogen-bond acceptors (Lipinski definition) is 4. The van der Waals surface area contributed by atoms with Crippen molar-refractivity contribution in [3.8, 4) is 0 Å². The van der Waals surface area contributed by atoms with Gasteiger partial charge in [0.2, 0.25) is 0 Å². The predicted octanol–water partition coefficient (Wildman–Crippen LogP) is 2.31. The van der Waals surface area contributed by atoms with Gasteiger partial charge >= 0.3 is 0 Å². The monoisotopic (exact) mass is 228 g/mol. The smallest absolute Gasteiger partial charge is 0.115 e. The second kappa shape index (κ2) is 5.58. The number of methoxy groups -OCH3 is 1. The summed E-state index contributed by atoms with van der Waals surface area (Å²) in [6.07, 6.45) is 0.988. The zero-order valence-corrected chi connectivity index (χ0v) is 10.8. The Labute approximate surface area is 95.9 Å². The minimum absolute atomic E-state index is 0.109. The van der Waals surface area contributed by atoms with Gasteiger partial charge in [0.15, 0.2) is 0 Å². The van der Waals surface area contributed by atoms with E-state index in [-0.39, 0.29) is 5.54 Å². The molecule has 0 bridgehead atoms. The van der Waals surface area contributed by atoms with Crippen LogP contribution in [-0.2, 0) is 10.3 Å². The highest BCUT2D eigenvalue weighted by molar-refractivity contribution is 7.09. The van der Waals surface area contributed by atoms with Gasteiger partial charge < -0.3 is 10.1 Å². The van der Waals surface area contributed by atoms with Crippen molar-refractivity contribution in [1.29, 1.82) is 0 Å². The molecule has 1 aromatic heterocycles. The summed E-state index contributed by atoms with van der Waals surface area (Å²) in [4.78, 5) is 4.57. The van der Waals surface area contributed by atoms with Crippen molar-refractivity contribution in [2.24, 2.45) is 0 Å². The minimum atomic E-state index is -0.109. The van der Waals surface area contributed by atoms with Gasteiger partial charge in [0, 0.05) is 18.2 Å². The van der Waals surface area contributed by atoms with Crippen LogP contribution in [0.5, 0.6) is 0 Å². The summed E-state index contributed by atoms with van der Waals surface area (Å²) in [5, 5.41) is 6.72. The molecule has 1 heterocycles. The molecule has 0 amide bonds. The van der Waals surface area contributed by atoms with E-state index < -0.39 is 0 Å². The van der Waals surface area contributed by atoms with Gasteiger partial charge in [0.25, 0.3) is 0 Å². The highest BCUT2D eigenvalue weighted by atomic mass is 32.1. The third kappa shape index (κ3) is 2.77. The van der Waals surface area contributed by atoms with Crippen LogP contribution >= 0.6 is 11.3 Å². The lowest BCUT2D eigenvalue weighted by atomic mass is 9.98. The molecule has 0 saturated carbocycles. The van der Waals surface area contributed by atoms with E-state index in [4.69, 9.17) is 4.74 Å². The second-order valence-electron chi connectivity index (χ2n) is 3.69. The van der Waals surface area contributed by atoms with E-state index in [0.29, 0.717) is 6.61 Å². The third-order valence-electron chi connectivity index (χ3n) is 2.54. The van der Waals surface area contributed by atoms with Gasteiger partial charge in [0.05, 0.1) is 12.1 Å². The summed E-state index contributed by atoms with van der Waals surface area (Å²) >= 11 is 1.71. The standard InChI is InChI=1S/C11H20N2OS/c1-5-11(8-14-4,12-6-2)10-13-9(3)7-15-10/h7,12H,5-6,8H2,1-4H3. The van der Waals surface area contributed by atoms with Crippen molar-refractivity contribution >= 4 is 11.3 Å². The fourth-order valence-corrected chi connectivity index (χ4v) is 2.76. The number of ether oxygens (including phenoxy) is 1. The first kappa shape index (κ1) is 12.6. The molecular weight excluding hydrogens is 208 g/mol. The number of aryl methyl sites for hydroxylation is 1. The van der Waals surface area contributed by atoms with Crippen molar-refractivity contribution in [1.82, 2.24) is 10.3 Å². The van der Waals surface area contributed by atoms with Gasteiger partial charge in [0.1, 0.15) is 5.01 Å². The van der Waals surface area contributed by atoms with Gasteiger partial charge in [-0.3, -0.25) is 0 Å². The molecule has 1 aromatic rings.